The standard InChI is InChI=1S/C17H17Cl2NO2/c1-3-16(22-12-8-9-13(18)11(2)10-12)17(21)20-15-7-5-4-6-14(15)19/h4-10,16H,3H2,1-2H3,(H,20,21). The minimum atomic E-state index is -0.600. The number of amides is 1. The predicted octanol–water partition coefficient (Wildman–Crippen LogP) is 5.10. The van der Waals surface area contributed by atoms with Crippen LogP contribution in [0, 0.1) is 6.92 Å². The topological polar surface area (TPSA) is 38.3 Å². The van der Waals surface area contributed by atoms with E-state index in [0.29, 0.717) is 27.9 Å². The van der Waals surface area contributed by atoms with Crippen LogP contribution in [0.4, 0.5) is 5.69 Å². The second-order valence-corrected chi connectivity index (χ2v) is 5.71. The van der Waals surface area contributed by atoms with E-state index in [1.54, 1.807) is 24.3 Å². The van der Waals surface area contributed by atoms with Gasteiger partial charge in [-0.3, -0.25) is 4.79 Å². The molecule has 1 N–H and O–H groups in total. The summed E-state index contributed by atoms with van der Waals surface area (Å²) < 4.78 is 5.76. The number of para-hydroxylation sites is 1. The molecule has 0 radical (unpaired) electrons. The van der Waals surface area contributed by atoms with Crippen molar-refractivity contribution in [1.82, 2.24) is 0 Å². The molecule has 2 rings (SSSR count). The highest BCUT2D eigenvalue weighted by Crippen LogP contribution is 2.24. The van der Waals surface area contributed by atoms with Crippen molar-refractivity contribution in [3.8, 4) is 5.75 Å². The Labute approximate surface area is 140 Å². The first-order valence-corrected chi connectivity index (χ1v) is 7.75. The fourth-order valence-corrected chi connectivity index (χ4v) is 2.25. The maximum atomic E-state index is 12.3. The van der Waals surface area contributed by atoms with Gasteiger partial charge in [0.2, 0.25) is 0 Å². The van der Waals surface area contributed by atoms with Crippen LogP contribution in [0.25, 0.3) is 0 Å². The van der Waals surface area contributed by atoms with Gasteiger partial charge in [-0.15, -0.1) is 0 Å². The van der Waals surface area contributed by atoms with Gasteiger partial charge in [0.25, 0.3) is 5.91 Å². The van der Waals surface area contributed by atoms with Gasteiger partial charge in [0.05, 0.1) is 10.7 Å². The smallest absolute Gasteiger partial charge is 0.265 e. The lowest BCUT2D eigenvalue weighted by Gasteiger charge is -2.18. The molecule has 1 amide bonds. The number of aryl methyl sites for hydroxylation is 1. The monoisotopic (exact) mass is 337 g/mol. The van der Waals surface area contributed by atoms with Gasteiger partial charge in [-0.25, -0.2) is 0 Å². The molecule has 22 heavy (non-hydrogen) atoms. The highest BCUT2D eigenvalue weighted by atomic mass is 35.5. The molecule has 0 fully saturated rings. The SMILES string of the molecule is CCC(Oc1ccc(Cl)c(C)c1)C(=O)Nc1ccccc1Cl. The Kier molecular flexibility index (Phi) is 5.69. The van der Waals surface area contributed by atoms with Gasteiger partial charge in [0.1, 0.15) is 5.75 Å². The molecule has 5 heteroatoms. The number of carbonyl (C=O) groups excluding carboxylic acids is 1. The lowest BCUT2D eigenvalue weighted by Crippen LogP contribution is -2.32. The minimum Gasteiger partial charge on any atom is -0.481 e. The first-order valence-electron chi connectivity index (χ1n) is 6.99. The number of carbonyl (C=O) groups is 1. The first kappa shape index (κ1) is 16.7. The molecule has 0 aliphatic heterocycles. The van der Waals surface area contributed by atoms with Crippen LogP contribution in [0.15, 0.2) is 42.5 Å². The Morgan fingerprint density at radius 1 is 1.18 bits per heavy atom. The molecule has 0 aliphatic rings. The molecule has 116 valence electrons. The minimum absolute atomic E-state index is 0.233. The highest BCUT2D eigenvalue weighted by Gasteiger charge is 2.19. The molecule has 0 saturated heterocycles. The van der Waals surface area contributed by atoms with E-state index in [1.165, 1.54) is 0 Å². The number of benzene rings is 2. The summed E-state index contributed by atoms with van der Waals surface area (Å²) in [5.41, 5.74) is 1.48. The summed E-state index contributed by atoms with van der Waals surface area (Å²) in [4.78, 5) is 12.3. The number of anilines is 1. The largest absolute Gasteiger partial charge is 0.481 e. The van der Waals surface area contributed by atoms with Crippen molar-refractivity contribution >= 4 is 34.8 Å². The predicted molar refractivity (Wildman–Crippen MR) is 91.0 cm³/mol. The quantitative estimate of drug-likeness (QED) is 0.824. The zero-order valence-corrected chi connectivity index (χ0v) is 13.9. The number of hydrogen-bond acceptors (Lipinski definition) is 2. The molecular weight excluding hydrogens is 321 g/mol. The molecule has 0 saturated carbocycles. The van der Waals surface area contributed by atoms with E-state index in [1.807, 2.05) is 32.0 Å². The third-order valence-electron chi connectivity index (χ3n) is 3.20. The maximum absolute atomic E-state index is 12.3. The van der Waals surface area contributed by atoms with Crippen LogP contribution in [0.5, 0.6) is 5.75 Å². The lowest BCUT2D eigenvalue weighted by atomic mass is 10.2. The van der Waals surface area contributed by atoms with E-state index in [9.17, 15) is 4.79 Å². The van der Waals surface area contributed by atoms with Crippen LogP contribution in [-0.2, 0) is 4.79 Å². The van der Waals surface area contributed by atoms with Crippen molar-refractivity contribution in [2.45, 2.75) is 26.4 Å². The molecule has 2 aromatic carbocycles. The third-order valence-corrected chi connectivity index (χ3v) is 3.96. The number of rotatable bonds is 5. The number of nitrogens with one attached hydrogen (secondary N) is 1. The molecule has 1 unspecified atom stereocenters. The van der Waals surface area contributed by atoms with Gasteiger partial charge in [0.15, 0.2) is 6.10 Å². The Hall–Kier alpha value is -1.71. The van der Waals surface area contributed by atoms with Crippen LogP contribution in [-0.4, -0.2) is 12.0 Å². The molecule has 1 atom stereocenters. The van der Waals surface area contributed by atoms with Crippen molar-refractivity contribution in [3.63, 3.8) is 0 Å². The van der Waals surface area contributed by atoms with Gasteiger partial charge in [-0.05, 0) is 49.2 Å². The average molecular weight is 338 g/mol. The van der Waals surface area contributed by atoms with Gasteiger partial charge in [0, 0.05) is 5.02 Å². The van der Waals surface area contributed by atoms with Crippen LogP contribution in [0.1, 0.15) is 18.9 Å². The molecule has 0 spiro atoms. The number of ether oxygens (including phenoxy) is 1. The van der Waals surface area contributed by atoms with Crippen LogP contribution in [0.2, 0.25) is 10.0 Å². The maximum Gasteiger partial charge on any atom is 0.265 e. The highest BCUT2D eigenvalue weighted by molar-refractivity contribution is 6.33. The molecule has 0 aliphatic carbocycles. The Morgan fingerprint density at radius 3 is 2.55 bits per heavy atom. The molecule has 3 nitrogen and oxygen atoms in total. The van der Waals surface area contributed by atoms with Crippen LogP contribution < -0.4 is 10.1 Å². The van der Waals surface area contributed by atoms with Crippen LogP contribution in [0.3, 0.4) is 0 Å². The van der Waals surface area contributed by atoms with Gasteiger partial charge in [-0.2, -0.15) is 0 Å². The summed E-state index contributed by atoms with van der Waals surface area (Å²) in [6.07, 6.45) is -0.0605. The first-order chi connectivity index (χ1) is 10.5. The van der Waals surface area contributed by atoms with Crippen molar-refractivity contribution < 1.29 is 9.53 Å². The average Bonchev–Trinajstić information content (AvgIpc) is 2.50. The molecule has 2 aromatic rings. The van der Waals surface area contributed by atoms with Crippen molar-refractivity contribution in [3.05, 3.63) is 58.1 Å². The van der Waals surface area contributed by atoms with Gasteiger partial charge < -0.3 is 10.1 Å². The zero-order chi connectivity index (χ0) is 16.1. The number of hydrogen-bond donors (Lipinski definition) is 1. The third kappa shape index (κ3) is 4.15. The number of halogens is 2. The van der Waals surface area contributed by atoms with E-state index < -0.39 is 6.10 Å². The molecule has 0 heterocycles. The zero-order valence-electron chi connectivity index (χ0n) is 12.4. The lowest BCUT2D eigenvalue weighted by molar-refractivity contribution is -0.122. The Morgan fingerprint density at radius 2 is 1.91 bits per heavy atom. The van der Waals surface area contributed by atoms with Gasteiger partial charge >= 0.3 is 0 Å². The normalized spacial score (nSPS) is 11.8. The summed E-state index contributed by atoms with van der Waals surface area (Å²) >= 11 is 12.0. The van der Waals surface area contributed by atoms with Gasteiger partial charge in [-0.1, -0.05) is 42.3 Å². The van der Waals surface area contributed by atoms with Crippen molar-refractivity contribution in [1.29, 1.82) is 0 Å². The Balaban J connectivity index is 2.09. The summed E-state index contributed by atoms with van der Waals surface area (Å²) in [5, 5.41) is 3.95. The summed E-state index contributed by atoms with van der Waals surface area (Å²) in [7, 11) is 0. The van der Waals surface area contributed by atoms with E-state index in [4.69, 9.17) is 27.9 Å². The molecular formula is C17H17Cl2NO2. The van der Waals surface area contributed by atoms with Crippen LogP contribution >= 0.6 is 23.2 Å². The summed E-state index contributed by atoms with van der Waals surface area (Å²) in [6, 6.07) is 12.4. The van der Waals surface area contributed by atoms with E-state index in [0.717, 1.165) is 5.56 Å². The van der Waals surface area contributed by atoms with E-state index >= 15 is 0 Å². The fraction of sp³-hybridized carbons (Fsp3) is 0.235. The van der Waals surface area contributed by atoms with Crippen molar-refractivity contribution in [2.75, 3.05) is 5.32 Å². The van der Waals surface area contributed by atoms with E-state index in [2.05, 4.69) is 5.32 Å². The van der Waals surface area contributed by atoms with Crippen molar-refractivity contribution in [2.24, 2.45) is 0 Å². The Bertz CT molecular complexity index is 673. The second kappa shape index (κ2) is 7.52. The summed E-state index contributed by atoms with van der Waals surface area (Å²) in [6.45, 7) is 3.78. The fourth-order valence-electron chi connectivity index (χ4n) is 1.95. The van der Waals surface area contributed by atoms with E-state index in [-0.39, 0.29) is 5.91 Å². The summed E-state index contributed by atoms with van der Waals surface area (Å²) in [5.74, 6) is 0.381. The molecule has 0 bridgehead atoms. The molecule has 0 aromatic heterocycles. The second-order valence-electron chi connectivity index (χ2n) is 4.89.